The first kappa shape index (κ1) is 18.7. The van der Waals surface area contributed by atoms with Crippen molar-refractivity contribution in [2.24, 2.45) is 31.8 Å². The van der Waals surface area contributed by atoms with E-state index in [-0.39, 0.29) is 17.7 Å². The smallest absolute Gasteiger partial charge is 0.268 e. The summed E-state index contributed by atoms with van der Waals surface area (Å²) in [6.07, 6.45) is 6.59. The Bertz CT molecular complexity index is 985. The van der Waals surface area contributed by atoms with Gasteiger partial charge in [-0.05, 0) is 80.5 Å². The first-order valence-electron chi connectivity index (χ1n) is 10.6. The number of hydrogen-bond acceptors (Lipinski definition) is 3. The quantitative estimate of drug-likeness (QED) is 0.782. The summed E-state index contributed by atoms with van der Waals surface area (Å²) in [7, 11) is 3.63. The molecule has 0 saturated heterocycles. The van der Waals surface area contributed by atoms with Crippen LogP contribution < -0.4 is 5.32 Å². The van der Waals surface area contributed by atoms with Gasteiger partial charge in [-0.3, -0.25) is 9.59 Å². The number of carbonyl (C=O) groups excluding carboxylic acids is 2. The fraction of sp³-hybridized carbons (Fsp3) is 0.565. The Morgan fingerprint density at radius 1 is 1.14 bits per heavy atom. The van der Waals surface area contributed by atoms with Gasteiger partial charge in [-0.1, -0.05) is 0 Å². The maximum Gasteiger partial charge on any atom is 0.268 e. The van der Waals surface area contributed by atoms with Crippen LogP contribution in [-0.2, 0) is 14.1 Å². The number of ketones is 1. The molecule has 4 bridgehead atoms. The zero-order valence-electron chi connectivity index (χ0n) is 17.3. The summed E-state index contributed by atoms with van der Waals surface area (Å²) in [4.78, 5) is 26.2. The molecule has 4 fully saturated rings. The van der Waals surface area contributed by atoms with E-state index in [9.17, 15) is 14.7 Å². The van der Waals surface area contributed by atoms with Gasteiger partial charge in [0.2, 0.25) is 5.78 Å². The molecule has 2 heterocycles. The van der Waals surface area contributed by atoms with E-state index in [0.29, 0.717) is 34.8 Å². The predicted octanol–water partition coefficient (Wildman–Crippen LogP) is 2.57. The molecule has 6 heteroatoms. The van der Waals surface area contributed by atoms with Gasteiger partial charge in [0.05, 0.1) is 17.0 Å². The molecule has 2 aromatic rings. The van der Waals surface area contributed by atoms with Gasteiger partial charge in [0.15, 0.2) is 0 Å². The van der Waals surface area contributed by atoms with Crippen LogP contribution in [0.2, 0.25) is 0 Å². The normalized spacial score (nSPS) is 32.6. The van der Waals surface area contributed by atoms with Crippen molar-refractivity contribution in [3.8, 4) is 0 Å². The summed E-state index contributed by atoms with van der Waals surface area (Å²) in [5.74, 6) is 1.14. The first-order chi connectivity index (χ1) is 13.8. The molecule has 2 aromatic heterocycles. The van der Waals surface area contributed by atoms with Gasteiger partial charge in [0.1, 0.15) is 5.69 Å². The fourth-order valence-corrected chi connectivity index (χ4v) is 6.57. The van der Waals surface area contributed by atoms with Crippen LogP contribution in [0, 0.1) is 24.7 Å². The summed E-state index contributed by atoms with van der Waals surface area (Å²) in [6.45, 7) is 1.89. The van der Waals surface area contributed by atoms with E-state index in [0.717, 1.165) is 37.7 Å². The molecule has 2 unspecified atom stereocenters. The standard InChI is InChI=1S/C23H29N3O3/c1-13-7-18(21(27)17-5-4-6-25(17)2)26(3)20(13)22(28)24-19-15-8-14-9-16(19)12-23(29,10-14)11-15/h4-7,14-16,19,29H,8-12H2,1-3H3,(H,24,28). The molecule has 4 saturated carbocycles. The molecule has 2 atom stereocenters. The Morgan fingerprint density at radius 3 is 2.41 bits per heavy atom. The maximum atomic E-state index is 13.2. The number of rotatable bonds is 4. The second kappa shape index (κ2) is 6.33. The highest BCUT2D eigenvalue weighted by molar-refractivity contribution is 6.08. The summed E-state index contributed by atoms with van der Waals surface area (Å²) in [5.41, 5.74) is 1.98. The van der Waals surface area contributed by atoms with Crippen molar-refractivity contribution < 1.29 is 14.7 Å². The third-order valence-electron chi connectivity index (χ3n) is 7.59. The molecule has 4 aliphatic rings. The number of nitrogens with zero attached hydrogens (tertiary/aromatic N) is 2. The zero-order valence-corrected chi connectivity index (χ0v) is 17.3. The van der Waals surface area contributed by atoms with Crippen LogP contribution >= 0.6 is 0 Å². The number of nitrogens with one attached hydrogen (secondary N) is 1. The van der Waals surface area contributed by atoms with E-state index in [1.807, 2.05) is 32.3 Å². The molecule has 0 radical (unpaired) electrons. The topological polar surface area (TPSA) is 76.3 Å². The van der Waals surface area contributed by atoms with Crippen LogP contribution in [0.15, 0.2) is 24.4 Å². The van der Waals surface area contributed by atoms with Crippen LogP contribution in [0.4, 0.5) is 0 Å². The highest BCUT2D eigenvalue weighted by Crippen LogP contribution is 2.55. The predicted molar refractivity (Wildman–Crippen MR) is 109 cm³/mol. The van der Waals surface area contributed by atoms with Crippen molar-refractivity contribution in [3.05, 3.63) is 47.0 Å². The van der Waals surface area contributed by atoms with Gasteiger partial charge < -0.3 is 19.6 Å². The molecule has 6 nitrogen and oxygen atoms in total. The number of aromatic nitrogens is 2. The van der Waals surface area contributed by atoms with Crippen molar-refractivity contribution in [2.75, 3.05) is 0 Å². The molecule has 2 N–H and O–H groups in total. The number of aryl methyl sites for hydroxylation is 2. The average molecular weight is 396 g/mol. The van der Waals surface area contributed by atoms with E-state index in [2.05, 4.69) is 5.32 Å². The minimum Gasteiger partial charge on any atom is -0.390 e. The van der Waals surface area contributed by atoms with Gasteiger partial charge in [0.25, 0.3) is 5.91 Å². The monoisotopic (exact) mass is 395 g/mol. The SMILES string of the molecule is Cc1cc(C(=O)c2cccn2C)n(C)c1C(=O)NC1C2CC3CC1CC(O)(C3)C2. The molecule has 0 aliphatic heterocycles. The van der Waals surface area contributed by atoms with Crippen LogP contribution in [0.1, 0.15) is 64.3 Å². The van der Waals surface area contributed by atoms with Gasteiger partial charge in [0, 0.05) is 26.3 Å². The molecule has 4 aliphatic carbocycles. The summed E-state index contributed by atoms with van der Waals surface area (Å²) in [6, 6.07) is 5.57. The number of hydrogen-bond donors (Lipinski definition) is 2. The van der Waals surface area contributed by atoms with E-state index in [1.165, 1.54) is 0 Å². The summed E-state index contributed by atoms with van der Waals surface area (Å²) in [5, 5.41) is 14.1. The molecular weight excluding hydrogens is 366 g/mol. The highest BCUT2D eigenvalue weighted by atomic mass is 16.3. The van der Waals surface area contributed by atoms with Gasteiger partial charge >= 0.3 is 0 Å². The highest BCUT2D eigenvalue weighted by Gasteiger charge is 2.55. The van der Waals surface area contributed by atoms with Crippen molar-refractivity contribution >= 4 is 11.7 Å². The van der Waals surface area contributed by atoms with Crippen molar-refractivity contribution in [2.45, 2.75) is 50.7 Å². The van der Waals surface area contributed by atoms with Gasteiger partial charge in [-0.2, -0.15) is 0 Å². The maximum absolute atomic E-state index is 13.2. The summed E-state index contributed by atoms with van der Waals surface area (Å²) < 4.78 is 3.52. The Balaban J connectivity index is 1.39. The number of amides is 1. The van der Waals surface area contributed by atoms with Gasteiger partial charge in [-0.15, -0.1) is 0 Å². The zero-order chi connectivity index (χ0) is 20.5. The molecule has 0 aromatic carbocycles. The Kier molecular flexibility index (Phi) is 4.07. The third-order valence-corrected chi connectivity index (χ3v) is 7.59. The Hall–Kier alpha value is -2.34. The van der Waals surface area contributed by atoms with Crippen molar-refractivity contribution in [1.29, 1.82) is 0 Å². The minimum absolute atomic E-state index is 0.0843. The number of carbonyl (C=O) groups is 2. The van der Waals surface area contributed by atoms with E-state index >= 15 is 0 Å². The second-order valence-corrected chi connectivity index (χ2v) is 9.65. The van der Waals surface area contributed by atoms with Crippen LogP contribution in [0.5, 0.6) is 0 Å². The molecule has 1 amide bonds. The minimum atomic E-state index is -0.507. The first-order valence-corrected chi connectivity index (χ1v) is 10.6. The molecule has 6 rings (SSSR count). The molecular formula is C23H29N3O3. The third kappa shape index (κ3) is 2.88. The lowest BCUT2D eigenvalue weighted by molar-refractivity contribution is -0.137. The van der Waals surface area contributed by atoms with Crippen LogP contribution in [0.3, 0.4) is 0 Å². The lowest BCUT2D eigenvalue weighted by Gasteiger charge is -2.58. The molecule has 29 heavy (non-hydrogen) atoms. The summed E-state index contributed by atoms with van der Waals surface area (Å²) >= 11 is 0. The van der Waals surface area contributed by atoms with Crippen molar-refractivity contribution in [3.63, 3.8) is 0 Å². The lowest BCUT2D eigenvalue weighted by atomic mass is 9.52. The number of aliphatic hydroxyl groups is 1. The lowest BCUT2D eigenvalue weighted by Crippen LogP contribution is -2.61. The van der Waals surface area contributed by atoms with Crippen LogP contribution in [-0.4, -0.2) is 37.6 Å². The second-order valence-electron chi connectivity index (χ2n) is 9.65. The molecule has 0 spiro atoms. The Morgan fingerprint density at radius 2 is 1.83 bits per heavy atom. The molecule has 154 valence electrons. The average Bonchev–Trinajstić information content (AvgIpc) is 3.19. The van der Waals surface area contributed by atoms with E-state index < -0.39 is 5.60 Å². The van der Waals surface area contributed by atoms with Crippen molar-refractivity contribution in [1.82, 2.24) is 14.5 Å². The van der Waals surface area contributed by atoms with Crippen LogP contribution in [0.25, 0.3) is 0 Å². The largest absolute Gasteiger partial charge is 0.390 e. The fourth-order valence-electron chi connectivity index (χ4n) is 6.57. The van der Waals surface area contributed by atoms with E-state index in [4.69, 9.17) is 0 Å². The van der Waals surface area contributed by atoms with E-state index in [1.54, 1.807) is 22.2 Å². The Labute approximate surface area is 170 Å². The van der Waals surface area contributed by atoms with Gasteiger partial charge in [-0.25, -0.2) is 0 Å².